The normalized spacial score (nSPS) is 10.1. The minimum atomic E-state index is 0. The van der Waals surface area contributed by atoms with Crippen molar-refractivity contribution < 1.29 is 18.9 Å². The Morgan fingerprint density at radius 1 is 0.931 bits per heavy atom. The Balaban J connectivity index is 0.000000552. The average molecular weight is 378 g/mol. The number of unbranched alkanes of at least 4 members (excludes halogenated alkanes) is 1. The summed E-state index contributed by atoms with van der Waals surface area (Å²) < 4.78 is 2.23. The van der Waals surface area contributed by atoms with E-state index < -0.39 is 0 Å². The Morgan fingerprint density at radius 3 is 2.10 bits per heavy atom. The van der Waals surface area contributed by atoms with Crippen LogP contribution in [0.15, 0.2) is 72.9 Å². The summed E-state index contributed by atoms with van der Waals surface area (Å²) in [7, 11) is 0. The van der Waals surface area contributed by atoms with E-state index in [1.54, 1.807) is 6.20 Å². The molecule has 4 nitrogen and oxygen atoms in total. The van der Waals surface area contributed by atoms with Crippen molar-refractivity contribution in [1.29, 1.82) is 0 Å². The Labute approximate surface area is 185 Å². The molecule has 0 radical (unpaired) electrons. The first-order valence-corrected chi connectivity index (χ1v) is 9.69. The Morgan fingerprint density at radius 2 is 1.52 bits per heavy atom. The summed E-state index contributed by atoms with van der Waals surface area (Å²) in [6, 6.07) is 22.7. The molecule has 0 aliphatic heterocycles. The van der Waals surface area contributed by atoms with Crippen molar-refractivity contribution in [2.45, 2.75) is 32.7 Å². The molecule has 4 aromatic rings. The van der Waals surface area contributed by atoms with Gasteiger partial charge in [0.25, 0.3) is 0 Å². The number of nitrogens with zero attached hydrogens (tertiary/aromatic N) is 3. The van der Waals surface area contributed by atoms with E-state index >= 15 is 0 Å². The van der Waals surface area contributed by atoms with Crippen molar-refractivity contribution in [3.05, 3.63) is 96.8 Å². The second kappa shape index (κ2) is 11.5. The third-order valence-corrected chi connectivity index (χ3v) is 4.52. The zero-order valence-corrected chi connectivity index (χ0v) is 17.4. The standard InChI is InChI=1S/C20H18N4.C4H9.Li/c21-20-19-17(11-12-22-20)24(14-16-9-5-2-6-10-16)18(23-19)13-15-7-3-1-4-8-15;1-3-4-2;/h1-12H,13-14H2,(H2,21,22);1,3-4H2,2H3;/q;-1;+1. The SMILES string of the molecule is Nc1nccc2c1nc(Cc1ccccc1)n2Cc1ccccc1.[CH2-]CCC.[Li+]. The van der Waals surface area contributed by atoms with Crippen LogP contribution in [0.4, 0.5) is 5.82 Å². The molecule has 29 heavy (non-hydrogen) atoms. The van der Waals surface area contributed by atoms with Gasteiger partial charge in [-0.25, -0.2) is 9.97 Å². The largest absolute Gasteiger partial charge is 1.00 e. The molecular weight excluding hydrogens is 351 g/mol. The molecule has 5 heteroatoms. The first-order chi connectivity index (χ1) is 13.7. The first kappa shape index (κ1) is 22.7. The molecule has 2 N–H and O–H groups in total. The molecule has 0 spiro atoms. The Bertz CT molecular complexity index is 996. The fourth-order valence-electron chi connectivity index (χ4n) is 2.98. The van der Waals surface area contributed by atoms with Gasteiger partial charge in [-0.15, -0.1) is 0 Å². The zero-order valence-electron chi connectivity index (χ0n) is 17.4. The van der Waals surface area contributed by atoms with Gasteiger partial charge in [0, 0.05) is 19.2 Å². The minimum Gasteiger partial charge on any atom is -0.382 e. The quantitative estimate of drug-likeness (QED) is 0.428. The fourth-order valence-corrected chi connectivity index (χ4v) is 2.98. The van der Waals surface area contributed by atoms with Crippen LogP contribution in [0.3, 0.4) is 0 Å². The van der Waals surface area contributed by atoms with Crippen LogP contribution in [-0.4, -0.2) is 14.5 Å². The fraction of sp³-hybridized carbons (Fsp3) is 0.208. The summed E-state index contributed by atoms with van der Waals surface area (Å²) in [6.07, 6.45) is 4.79. The van der Waals surface area contributed by atoms with E-state index in [2.05, 4.69) is 71.9 Å². The van der Waals surface area contributed by atoms with Gasteiger partial charge in [0.05, 0.1) is 5.52 Å². The summed E-state index contributed by atoms with van der Waals surface area (Å²) in [5.74, 6) is 1.48. The number of anilines is 1. The molecule has 0 amide bonds. The van der Waals surface area contributed by atoms with Crippen molar-refractivity contribution in [2.75, 3.05) is 5.73 Å². The maximum atomic E-state index is 6.04. The molecule has 0 saturated carbocycles. The van der Waals surface area contributed by atoms with E-state index in [-0.39, 0.29) is 18.9 Å². The molecule has 0 fully saturated rings. The summed E-state index contributed by atoms with van der Waals surface area (Å²) >= 11 is 0. The topological polar surface area (TPSA) is 56.7 Å². The molecule has 0 saturated heterocycles. The molecule has 2 aromatic heterocycles. The zero-order chi connectivity index (χ0) is 19.8. The maximum Gasteiger partial charge on any atom is 1.00 e. The predicted molar refractivity (Wildman–Crippen MR) is 117 cm³/mol. The second-order valence-corrected chi connectivity index (χ2v) is 6.68. The molecule has 0 aliphatic rings. The summed E-state index contributed by atoms with van der Waals surface area (Å²) in [5.41, 5.74) is 10.3. The van der Waals surface area contributed by atoms with Crippen LogP contribution in [-0.2, 0) is 13.0 Å². The molecule has 4 rings (SSSR count). The van der Waals surface area contributed by atoms with Crippen LogP contribution in [0.25, 0.3) is 11.0 Å². The molecule has 0 aliphatic carbocycles. The molecule has 144 valence electrons. The predicted octanol–water partition coefficient (Wildman–Crippen LogP) is 2.28. The van der Waals surface area contributed by atoms with Gasteiger partial charge in [0.2, 0.25) is 0 Å². The number of hydrogen-bond acceptors (Lipinski definition) is 3. The van der Waals surface area contributed by atoms with Gasteiger partial charge in [0.15, 0.2) is 5.82 Å². The van der Waals surface area contributed by atoms with Gasteiger partial charge >= 0.3 is 18.9 Å². The van der Waals surface area contributed by atoms with Gasteiger partial charge in [-0.3, -0.25) is 0 Å². The molecular formula is C24H27LiN4. The number of aromatic nitrogens is 3. The number of hydrogen-bond donors (Lipinski definition) is 1. The molecule has 2 aromatic carbocycles. The minimum absolute atomic E-state index is 0. The van der Waals surface area contributed by atoms with Crippen molar-refractivity contribution in [1.82, 2.24) is 14.5 Å². The average Bonchev–Trinajstić information content (AvgIpc) is 3.08. The third kappa shape index (κ3) is 5.97. The van der Waals surface area contributed by atoms with Crippen molar-refractivity contribution in [3.63, 3.8) is 0 Å². The molecule has 0 bridgehead atoms. The number of rotatable bonds is 5. The molecule has 0 unspecified atom stereocenters. The van der Waals surface area contributed by atoms with Gasteiger partial charge in [-0.05, 0) is 17.2 Å². The van der Waals surface area contributed by atoms with E-state index in [1.165, 1.54) is 17.5 Å². The maximum absolute atomic E-state index is 6.04. The number of nitrogen functional groups attached to an aromatic ring is 1. The van der Waals surface area contributed by atoms with Crippen LogP contribution in [0.2, 0.25) is 0 Å². The van der Waals surface area contributed by atoms with Crippen LogP contribution < -0.4 is 24.6 Å². The number of nitrogens with two attached hydrogens (primary N) is 1. The van der Waals surface area contributed by atoms with E-state index in [9.17, 15) is 0 Å². The Hall–Kier alpha value is -2.54. The van der Waals surface area contributed by atoms with Crippen LogP contribution in [0.5, 0.6) is 0 Å². The van der Waals surface area contributed by atoms with Crippen LogP contribution >= 0.6 is 0 Å². The van der Waals surface area contributed by atoms with Gasteiger partial charge < -0.3 is 17.2 Å². The second-order valence-electron chi connectivity index (χ2n) is 6.68. The van der Waals surface area contributed by atoms with Gasteiger partial charge in [0.1, 0.15) is 11.3 Å². The number of pyridine rings is 1. The molecule has 0 atom stereocenters. The summed E-state index contributed by atoms with van der Waals surface area (Å²) in [4.78, 5) is 8.96. The van der Waals surface area contributed by atoms with Crippen LogP contribution in [0.1, 0.15) is 36.7 Å². The third-order valence-electron chi connectivity index (χ3n) is 4.52. The van der Waals surface area contributed by atoms with Crippen molar-refractivity contribution in [3.8, 4) is 0 Å². The van der Waals surface area contributed by atoms with Gasteiger partial charge in [-0.1, -0.05) is 74.0 Å². The number of fused-ring (bicyclic) bond motifs is 1. The Kier molecular flexibility index (Phi) is 8.99. The van der Waals surface area contributed by atoms with Crippen molar-refractivity contribution >= 4 is 16.9 Å². The van der Waals surface area contributed by atoms with E-state index in [1.807, 2.05) is 18.2 Å². The van der Waals surface area contributed by atoms with E-state index in [0.29, 0.717) is 5.82 Å². The number of benzene rings is 2. The van der Waals surface area contributed by atoms with Crippen molar-refractivity contribution in [2.24, 2.45) is 0 Å². The van der Waals surface area contributed by atoms with Gasteiger partial charge in [-0.2, -0.15) is 6.42 Å². The van der Waals surface area contributed by atoms with Crippen LogP contribution in [0, 0.1) is 6.92 Å². The monoisotopic (exact) mass is 378 g/mol. The molecule has 2 heterocycles. The summed E-state index contributed by atoms with van der Waals surface area (Å²) in [5, 5.41) is 0. The number of imidazole rings is 1. The van der Waals surface area contributed by atoms with E-state index in [4.69, 9.17) is 10.7 Å². The smallest absolute Gasteiger partial charge is 0.382 e. The summed E-state index contributed by atoms with van der Waals surface area (Å²) in [6.45, 7) is 6.49. The first-order valence-electron chi connectivity index (χ1n) is 9.69. The van der Waals surface area contributed by atoms with E-state index in [0.717, 1.165) is 36.2 Å².